The van der Waals surface area contributed by atoms with E-state index in [2.05, 4.69) is 15.3 Å². The molecule has 0 amide bonds. The average Bonchev–Trinajstić information content (AvgIpc) is 2.74. The van der Waals surface area contributed by atoms with Gasteiger partial charge in [0.05, 0.1) is 11.7 Å². The number of benzene rings is 1. The van der Waals surface area contributed by atoms with E-state index >= 15 is 0 Å². The maximum atomic E-state index is 12.1. The fourth-order valence-electron chi connectivity index (χ4n) is 2.22. The summed E-state index contributed by atoms with van der Waals surface area (Å²) in [6.07, 6.45) is 0.642. The summed E-state index contributed by atoms with van der Waals surface area (Å²) in [6, 6.07) is 8.27. The molecular formula is C14H18F2N4O. The summed E-state index contributed by atoms with van der Waals surface area (Å²) in [5, 5.41) is 4.28. The van der Waals surface area contributed by atoms with Crippen LogP contribution in [-0.4, -0.2) is 16.4 Å². The summed E-state index contributed by atoms with van der Waals surface area (Å²) < 4.78 is 30.4. The van der Waals surface area contributed by atoms with Crippen LogP contribution in [0.1, 0.15) is 23.0 Å². The molecule has 0 spiro atoms. The molecule has 5 nitrogen and oxygen atoms in total. The van der Waals surface area contributed by atoms with Gasteiger partial charge in [0, 0.05) is 19.2 Å². The molecule has 1 aromatic heterocycles. The summed E-state index contributed by atoms with van der Waals surface area (Å²) in [6.45, 7) is -0.901. The molecule has 1 heterocycles. The molecule has 0 saturated carbocycles. The fourth-order valence-corrected chi connectivity index (χ4v) is 2.22. The molecule has 2 rings (SSSR count). The Labute approximate surface area is 121 Å². The number of ether oxygens (including phenoxy) is 1. The van der Waals surface area contributed by atoms with Gasteiger partial charge in [-0.1, -0.05) is 12.1 Å². The maximum Gasteiger partial charge on any atom is 0.387 e. The van der Waals surface area contributed by atoms with Crippen LogP contribution < -0.4 is 16.0 Å². The number of halogens is 2. The number of rotatable bonds is 6. The van der Waals surface area contributed by atoms with Crippen molar-refractivity contribution in [3.63, 3.8) is 0 Å². The van der Waals surface area contributed by atoms with Gasteiger partial charge in [0.25, 0.3) is 0 Å². The topological polar surface area (TPSA) is 65.1 Å². The van der Waals surface area contributed by atoms with E-state index in [1.54, 1.807) is 16.8 Å². The smallest absolute Gasteiger partial charge is 0.387 e. The normalized spacial score (nSPS) is 12.7. The van der Waals surface area contributed by atoms with Gasteiger partial charge < -0.3 is 4.74 Å². The number of aromatic nitrogens is 2. The summed E-state index contributed by atoms with van der Waals surface area (Å²) in [5.41, 5.74) is 5.59. The van der Waals surface area contributed by atoms with Crippen molar-refractivity contribution >= 4 is 0 Å². The van der Waals surface area contributed by atoms with Crippen LogP contribution in [0.3, 0.4) is 0 Å². The Morgan fingerprint density at radius 2 is 2.00 bits per heavy atom. The molecule has 21 heavy (non-hydrogen) atoms. The summed E-state index contributed by atoms with van der Waals surface area (Å²) in [5.74, 6) is 5.72. The molecule has 0 radical (unpaired) electrons. The highest BCUT2D eigenvalue weighted by atomic mass is 19.3. The van der Waals surface area contributed by atoms with Crippen LogP contribution in [0.4, 0.5) is 8.78 Å². The highest BCUT2D eigenvalue weighted by molar-refractivity contribution is 5.30. The molecule has 0 aliphatic rings. The van der Waals surface area contributed by atoms with Crippen molar-refractivity contribution in [2.75, 3.05) is 0 Å². The molecule has 0 aliphatic carbocycles. The van der Waals surface area contributed by atoms with Gasteiger partial charge in [0.1, 0.15) is 5.75 Å². The zero-order chi connectivity index (χ0) is 15.4. The number of nitrogens with one attached hydrogen (secondary N) is 1. The summed E-state index contributed by atoms with van der Waals surface area (Å²) >= 11 is 0. The van der Waals surface area contributed by atoms with Crippen LogP contribution >= 0.6 is 0 Å². The molecule has 1 unspecified atom stereocenters. The first kappa shape index (κ1) is 15.4. The zero-order valence-corrected chi connectivity index (χ0v) is 11.9. The Hall–Kier alpha value is -1.99. The third-order valence-electron chi connectivity index (χ3n) is 3.22. The van der Waals surface area contributed by atoms with Gasteiger partial charge in [-0.15, -0.1) is 0 Å². The van der Waals surface area contributed by atoms with Gasteiger partial charge in [0.15, 0.2) is 0 Å². The van der Waals surface area contributed by atoms with Crippen LogP contribution in [0.2, 0.25) is 0 Å². The van der Waals surface area contributed by atoms with Gasteiger partial charge in [-0.3, -0.25) is 16.0 Å². The third-order valence-corrected chi connectivity index (χ3v) is 3.22. The number of alkyl halides is 2. The number of nitrogens with two attached hydrogens (primary N) is 1. The van der Waals surface area contributed by atoms with Crippen molar-refractivity contribution in [3.8, 4) is 5.75 Å². The SMILES string of the molecule is Cc1cc(CC(NN)c2ccc(OC(F)F)cc2)n(C)n1. The van der Waals surface area contributed by atoms with Crippen LogP contribution in [0, 0.1) is 6.92 Å². The summed E-state index contributed by atoms with van der Waals surface area (Å²) in [4.78, 5) is 0. The van der Waals surface area contributed by atoms with Crippen LogP contribution in [0.25, 0.3) is 0 Å². The molecule has 2 aromatic rings. The van der Waals surface area contributed by atoms with Crippen molar-refractivity contribution in [2.45, 2.75) is 26.0 Å². The lowest BCUT2D eigenvalue weighted by Crippen LogP contribution is -2.30. The van der Waals surface area contributed by atoms with E-state index in [1.165, 1.54) is 12.1 Å². The second kappa shape index (κ2) is 6.64. The van der Waals surface area contributed by atoms with E-state index < -0.39 is 6.61 Å². The number of hydrogen-bond acceptors (Lipinski definition) is 4. The van der Waals surface area contributed by atoms with Crippen LogP contribution in [0.5, 0.6) is 5.75 Å². The molecule has 0 fully saturated rings. The monoisotopic (exact) mass is 296 g/mol. The lowest BCUT2D eigenvalue weighted by molar-refractivity contribution is -0.0498. The second-order valence-electron chi connectivity index (χ2n) is 4.77. The van der Waals surface area contributed by atoms with Gasteiger partial charge >= 0.3 is 6.61 Å². The Balaban J connectivity index is 2.12. The standard InChI is InChI=1S/C14H18F2N4O/c1-9-7-11(20(2)19-9)8-13(18-17)10-3-5-12(6-4-10)21-14(15)16/h3-7,13-14,18H,8,17H2,1-2H3. The molecule has 0 saturated heterocycles. The molecule has 114 valence electrons. The average molecular weight is 296 g/mol. The highest BCUT2D eigenvalue weighted by Crippen LogP contribution is 2.22. The lowest BCUT2D eigenvalue weighted by Gasteiger charge is -2.17. The first-order valence-electron chi connectivity index (χ1n) is 6.50. The molecule has 0 bridgehead atoms. The van der Waals surface area contributed by atoms with Gasteiger partial charge in [-0.2, -0.15) is 13.9 Å². The van der Waals surface area contributed by atoms with Crippen molar-refractivity contribution in [3.05, 3.63) is 47.3 Å². The Kier molecular flexibility index (Phi) is 4.87. The Morgan fingerprint density at radius 3 is 2.48 bits per heavy atom. The zero-order valence-electron chi connectivity index (χ0n) is 11.9. The maximum absolute atomic E-state index is 12.1. The minimum atomic E-state index is -2.82. The lowest BCUT2D eigenvalue weighted by atomic mass is 10.0. The Morgan fingerprint density at radius 1 is 1.33 bits per heavy atom. The van der Waals surface area contributed by atoms with Crippen molar-refractivity contribution in [1.29, 1.82) is 0 Å². The molecule has 7 heteroatoms. The van der Waals surface area contributed by atoms with E-state index in [0.717, 1.165) is 17.0 Å². The van der Waals surface area contributed by atoms with E-state index in [1.807, 2.05) is 20.0 Å². The van der Waals surface area contributed by atoms with E-state index in [9.17, 15) is 8.78 Å². The first-order valence-corrected chi connectivity index (χ1v) is 6.50. The number of hydrogen-bond donors (Lipinski definition) is 2. The van der Waals surface area contributed by atoms with Gasteiger partial charge in [-0.05, 0) is 30.7 Å². The summed E-state index contributed by atoms with van der Waals surface area (Å²) in [7, 11) is 1.87. The number of aryl methyl sites for hydroxylation is 2. The predicted octanol–water partition coefficient (Wildman–Crippen LogP) is 2.08. The van der Waals surface area contributed by atoms with Gasteiger partial charge in [0.2, 0.25) is 0 Å². The van der Waals surface area contributed by atoms with Crippen LogP contribution in [0.15, 0.2) is 30.3 Å². The van der Waals surface area contributed by atoms with Crippen molar-refractivity contribution in [1.82, 2.24) is 15.2 Å². The molecule has 3 N–H and O–H groups in total. The van der Waals surface area contributed by atoms with E-state index in [4.69, 9.17) is 5.84 Å². The van der Waals surface area contributed by atoms with E-state index in [0.29, 0.717) is 6.42 Å². The quantitative estimate of drug-likeness (QED) is 0.633. The highest BCUT2D eigenvalue weighted by Gasteiger charge is 2.14. The van der Waals surface area contributed by atoms with Crippen LogP contribution in [-0.2, 0) is 13.5 Å². The molecule has 1 aromatic carbocycles. The van der Waals surface area contributed by atoms with Gasteiger partial charge in [-0.25, -0.2) is 0 Å². The molecule has 0 aliphatic heterocycles. The molecule has 1 atom stereocenters. The molecular weight excluding hydrogens is 278 g/mol. The van der Waals surface area contributed by atoms with Crippen molar-refractivity contribution in [2.24, 2.45) is 12.9 Å². The van der Waals surface area contributed by atoms with E-state index in [-0.39, 0.29) is 11.8 Å². The minimum absolute atomic E-state index is 0.126. The van der Waals surface area contributed by atoms with Crippen molar-refractivity contribution < 1.29 is 13.5 Å². The number of nitrogens with zero attached hydrogens (tertiary/aromatic N) is 2. The largest absolute Gasteiger partial charge is 0.435 e. The predicted molar refractivity (Wildman–Crippen MR) is 74.8 cm³/mol. The minimum Gasteiger partial charge on any atom is -0.435 e. The third kappa shape index (κ3) is 3.99. The number of hydrazine groups is 1. The fraction of sp³-hybridized carbons (Fsp3) is 0.357. The second-order valence-corrected chi connectivity index (χ2v) is 4.77. The Bertz CT molecular complexity index is 583. The first-order chi connectivity index (χ1) is 9.99.